The van der Waals surface area contributed by atoms with Crippen LogP contribution in [0.4, 0.5) is 0 Å². The summed E-state index contributed by atoms with van der Waals surface area (Å²) in [5.41, 5.74) is 4.20. The van der Waals surface area contributed by atoms with Gasteiger partial charge in [0.15, 0.2) is 0 Å². The highest BCUT2D eigenvalue weighted by atomic mass is 16.5. The summed E-state index contributed by atoms with van der Waals surface area (Å²) in [6.45, 7) is 2.58. The van der Waals surface area contributed by atoms with Crippen molar-refractivity contribution >= 4 is 16.9 Å². The van der Waals surface area contributed by atoms with Gasteiger partial charge in [-0.1, -0.05) is 12.1 Å². The Morgan fingerprint density at radius 2 is 1.96 bits per heavy atom. The third-order valence-electron chi connectivity index (χ3n) is 5.30. The minimum absolute atomic E-state index is 0.0714. The molecule has 1 unspecified atom stereocenters. The average Bonchev–Trinajstić information content (AvgIpc) is 3.08. The van der Waals surface area contributed by atoms with Crippen LogP contribution in [0.25, 0.3) is 11.0 Å². The van der Waals surface area contributed by atoms with Gasteiger partial charge in [-0.3, -0.25) is 4.79 Å². The van der Waals surface area contributed by atoms with E-state index in [1.54, 1.807) is 37.5 Å². The normalized spacial score (nSPS) is 16.1. The zero-order valence-corrected chi connectivity index (χ0v) is 16.2. The van der Waals surface area contributed by atoms with E-state index in [1.165, 1.54) is 0 Å². The van der Waals surface area contributed by atoms with E-state index in [0.717, 1.165) is 27.7 Å². The predicted octanol–water partition coefficient (Wildman–Crippen LogP) is 3.38. The van der Waals surface area contributed by atoms with Crippen molar-refractivity contribution in [2.45, 2.75) is 26.0 Å². The smallest absolute Gasteiger partial charge is 0.227 e. The van der Waals surface area contributed by atoms with Crippen molar-refractivity contribution < 1.29 is 23.8 Å². The van der Waals surface area contributed by atoms with E-state index in [9.17, 15) is 9.90 Å². The van der Waals surface area contributed by atoms with Crippen LogP contribution in [0.15, 0.2) is 41.0 Å². The van der Waals surface area contributed by atoms with Crippen LogP contribution in [0.5, 0.6) is 11.5 Å². The molecule has 1 aliphatic heterocycles. The number of aliphatic hydroxyl groups is 1. The van der Waals surface area contributed by atoms with E-state index in [0.29, 0.717) is 23.6 Å². The number of carbonyl (C=O) groups is 1. The second-order valence-corrected chi connectivity index (χ2v) is 7.09. The van der Waals surface area contributed by atoms with Crippen LogP contribution in [0.1, 0.15) is 28.4 Å². The summed E-state index contributed by atoms with van der Waals surface area (Å²) in [7, 11) is 3.15. The van der Waals surface area contributed by atoms with Gasteiger partial charge >= 0.3 is 0 Å². The second-order valence-electron chi connectivity index (χ2n) is 7.09. The summed E-state index contributed by atoms with van der Waals surface area (Å²) < 4.78 is 16.4. The number of ether oxygens (including phenoxy) is 2. The van der Waals surface area contributed by atoms with Gasteiger partial charge in [0.1, 0.15) is 23.2 Å². The summed E-state index contributed by atoms with van der Waals surface area (Å²) in [6, 6.07) is 9.51. The van der Waals surface area contributed by atoms with Crippen molar-refractivity contribution in [1.29, 1.82) is 0 Å². The third-order valence-corrected chi connectivity index (χ3v) is 5.30. The molecule has 28 heavy (non-hydrogen) atoms. The van der Waals surface area contributed by atoms with Crippen LogP contribution in [0.3, 0.4) is 0 Å². The first kappa shape index (κ1) is 18.4. The molecule has 6 nitrogen and oxygen atoms in total. The molecular formula is C22H23NO5. The lowest BCUT2D eigenvalue weighted by molar-refractivity contribution is -0.133. The first-order valence-electron chi connectivity index (χ1n) is 9.18. The number of benzene rings is 2. The summed E-state index contributed by atoms with van der Waals surface area (Å²) in [6.07, 6.45) is 1.02. The predicted molar refractivity (Wildman–Crippen MR) is 105 cm³/mol. The monoisotopic (exact) mass is 381 g/mol. The standard InChI is InChI=1S/C22H23NO5/c1-13-4-5-15-14(12-28-20(15)8-13)9-21(25)23-10-16-18(26-2)6-7-19(27-3)22(16)17(24)11-23/h4-8,12,17,24H,9-11H2,1-3H3. The number of carbonyl (C=O) groups excluding carboxylic acids is 1. The van der Waals surface area contributed by atoms with Gasteiger partial charge in [0.25, 0.3) is 0 Å². The molecule has 6 heteroatoms. The largest absolute Gasteiger partial charge is 0.496 e. The number of aryl methyl sites for hydroxylation is 1. The van der Waals surface area contributed by atoms with E-state index < -0.39 is 6.10 Å². The zero-order valence-electron chi connectivity index (χ0n) is 16.2. The van der Waals surface area contributed by atoms with Gasteiger partial charge in [-0.2, -0.15) is 0 Å². The van der Waals surface area contributed by atoms with E-state index in [2.05, 4.69) is 0 Å². The van der Waals surface area contributed by atoms with Crippen LogP contribution in [-0.2, 0) is 17.8 Å². The maximum Gasteiger partial charge on any atom is 0.227 e. The van der Waals surface area contributed by atoms with Gasteiger partial charge in [-0.05, 0) is 30.7 Å². The van der Waals surface area contributed by atoms with Crippen molar-refractivity contribution in [2.24, 2.45) is 0 Å². The highest BCUT2D eigenvalue weighted by Crippen LogP contribution is 2.39. The lowest BCUT2D eigenvalue weighted by Crippen LogP contribution is -2.39. The molecule has 3 aromatic rings. The van der Waals surface area contributed by atoms with Crippen LogP contribution >= 0.6 is 0 Å². The molecule has 4 rings (SSSR count). The Kier molecular flexibility index (Phi) is 4.73. The lowest BCUT2D eigenvalue weighted by atomic mass is 9.94. The van der Waals surface area contributed by atoms with E-state index in [1.807, 2.05) is 25.1 Å². The van der Waals surface area contributed by atoms with Crippen molar-refractivity contribution in [2.75, 3.05) is 20.8 Å². The molecule has 0 radical (unpaired) electrons. The highest BCUT2D eigenvalue weighted by molar-refractivity contribution is 5.88. The quantitative estimate of drug-likeness (QED) is 0.750. The van der Waals surface area contributed by atoms with Crippen LogP contribution in [0, 0.1) is 6.92 Å². The highest BCUT2D eigenvalue weighted by Gasteiger charge is 2.32. The Hall–Kier alpha value is -2.99. The number of nitrogens with zero attached hydrogens (tertiary/aromatic N) is 1. The Morgan fingerprint density at radius 3 is 2.71 bits per heavy atom. The number of fused-ring (bicyclic) bond motifs is 2. The molecule has 1 aliphatic rings. The van der Waals surface area contributed by atoms with Crippen molar-refractivity contribution in [3.8, 4) is 11.5 Å². The number of amides is 1. The number of furan rings is 1. The fourth-order valence-electron chi connectivity index (χ4n) is 3.87. The van der Waals surface area contributed by atoms with Crippen LogP contribution in [0.2, 0.25) is 0 Å². The van der Waals surface area contributed by atoms with Crippen molar-refractivity contribution in [3.63, 3.8) is 0 Å². The van der Waals surface area contributed by atoms with Gasteiger partial charge in [0.2, 0.25) is 5.91 Å². The molecular weight excluding hydrogens is 358 g/mol. The first-order chi connectivity index (χ1) is 13.5. The molecule has 0 aliphatic carbocycles. The maximum absolute atomic E-state index is 13.0. The Bertz CT molecular complexity index is 1040. The number of methoxy groups -OCH3 is 2. The molecule has 1 atom stereocenters. The Labute approximate surface area is 163 Å². The number of hydrogen-bond acceptors (Lipinski definition) is 5. The van der Waals surface area contributed by atoms with Crippen LogP contribution < -0.4 is 9.47 Å². The summed E-state index contributed by atoms with van der Waals surface area (Å²) >= 11 is 0. The maximum atomic E-state index is 13.0. The average molecular weight is 381 g/mol. The van der Waals surface area contributed by atoms with Crippen LogP contribution in [-0.4, -0.2) is 36.7 Å². The molecule has 146 valence electrons. The topological polar surface area (TPSA) is 72.1 Å². The van der Waals surface area contributed by atoms with Gasteiger partial charge in [-0.25, -0.2) is 0 Å². The molecule has 0 saturated carbocycles. The SMILES string of the molecule is COc1ccc(OC)c2c1CN(C(=O)Cc1coc3cc(C)ccc13)CC2O. The fourth-order valence-corrected chi connectivity index (χ4v) is 3.87. The number of β-amino-alcohol motifs (C(OH)–C–C–N with tert-alkyl or cyclic N) is 1. The zero-order chi connectivity index (χ0) is 19.8. The third kappa shape index (κ3) is 3.10. The molecule has 1 N–H and O–H groups in total. The molecule has 0 bridgehead atoms. The first-order valence-corrected chi connectivity index (χ1v) is 9.18. The van der Waals surface area contributed by atoms with Gasteiger partial charge in [0.05, 0.1) is 33.4 Å². The Morgan fingerprint density at radius 1 is 1.21 bits per heavy atom. The van der Waals surface area contributed by atoms with E-state index >= 15 is 0 Å². The molecule has 2 aromatic carbocycles. The van der Waals surface area contributed by atoms with Gasteiger partial charge in [-0.15, -0.1) is 0 Å². The lowest BCUT2D eigenvalue weighted by Gasteiger charge is -2.34. The van der Waals surface area contributed by atoms with Gasteiger partial charge < -0.3 is 23.9 Å². The van der Waals surface area contributed by atoms with Crippen molar-refractivity contribution in [3.05, 3.63) is 58.8 Å². The summed E-state index contributed by atoms with van der Waals surface area (Å²) in [5.74, 6) is 1.17. The number of rotatable bonds is 4. The molecule has 1 aromatic heterocycles. The minimum atomic E-state index is -0.832. The second kappa shape index (κ2) is 7.20. The molecule has 0 fully saturated rings. The van der Waals surface area contributed by atoms with Gasteiger partial charge in [0, 0.05) is 28.6 Å². The molecule has 2 heterocycles. The van der Waals surface area contributed by atoms with E-state index in [4.69, 9.17) is 13.9 Å². The van der Waals surface area contributed by atoms with Crippen molar-refractivity contribution in [1.82, 2.24) is 4.90 Å². The molecule has 0 spiro atoms. The summed E-state index contributed by atoms with van der Waals surface area (Å²) in [5, 5.41) is 11.6. The number of hydrogen-bond donors (Lipinski definition) is 1. The van der Waals surface area contributed by atoms with E-state index in [-0.39, 0.29) is 18.9 Å². The minimum Gasteiger partial charge on any atom is -0.496 e. The molecule has 1 amide bonds. The number of aliphatic hydroxyl groups excluding tert-OH is 1. The Balaban J connectivity index is 1.61. The fraction of sp³-hybridized carbons (Fsp3) is 0.318. The molecule has 0 saturated heterocycles. The summed E-state index contributed by atoms with van der Waals surface area (Å²) in [4.78, 5) is 14.6.